The molecule has 0 fully saturated rings. The van der Waals surface area contributed by atoms with E-state index in [0.717, 1.165) is 12.0 Å². The fraction of sp³-hybridized carbons (Fsp3) is 0.650. The fourth-order valence-corrected chi connectivity index (χ4v) is 0.606. The second-order valence-corrected chi connectivity index (χ2v) is 4.64. The van der Waals surface area contributed by atoms with Crippen LogP contribution >= 0.6 is 0 Å². The molecule has 21 heavy (non-hydrogen) atoms. The molecule has 0 N–H and O–H groups in total. The average Bonchev–Trinajstić information content (AvgIpc) is 2.56. The summed E-state index contributed by atoms with van der Waals surface area (Å²) in [6.07, 6.45) is 16.4. The Balaban J connectivity index is -0.000000118. The van der Waals surface area contributed by atoms with E-state index in [1.165, 1.54) is 38.5 Å². The van der Waals surface area contributed by atoms with Gasteiger partial charge in [-0.1, -0.05) is 111 Å². The second-order valence-electron chi connectivity index (χ2n) is 4.64. The molecule has 1 rings (SSSR count). The molecule has 0 aliphatic heterocycles. The fourth-order valence-electron chi connectivity index (χ4n) is 0.606. The maximum Gasteiger partial charge on any atom is 0.0628 e. The summed E-state index contributed by atoms with van der Waals surface area (Å²) in [7, 11) is 0. The molecule has 0 aromatic rings. The van der Waals surface area contributed by atoms with Crippen LogP contribution < -0.4 is 0 Å². The number of unbranched alkanes of at least 4 members (excludes halogenated alkanes) is 3. The van der Waals surface area contributed by atoms with Gasteiger partial charge in [-0.15, -0.1) is 5.73 Å². The van der Waals surface area contributed by atoms with E-state index in [-0.39, 0.29) is 30.4 Å². The van der Waals surface area contributed by atoms with Gasteiger partial charge in [0, 0.05) is 23.9 Å². The van der Waals surface area contributed by atoms with E-state index in [4.69, 9.17) is 2.74 Å². The molecular formula is C20H38Sn. The van der Waals surface area contributed by atoms with Crippen LogP contribution in [0.2, 0.25) is 0 Å². The Labute approximate surface area is 155 Å². The molecule has 1 heteroatoms. The first-order valence-electron chi connectivity index (χ1n) is 9.29. The minimum Gasteiger partial charge on any atom is -0.125 e. The van der Waals surface area contributed by atoms with Crippen LogP contribution in [-0.2, 0) is 0 Å². The number of rotatable bonds is 3. The summed E-state index contributed by atoms with van der Waals surface area (Å²) in [4.78, 5) is 0. The van der Waals surface area contributed by atoms with Gasteiger partial charge in [-0.25, -0.2) is 0 Å². The van der Waals surface area contributed by atoms with Crippen LogP contribution in [0.5, 0.6) is 0 Å². The SMILES string of the molecule is CCCC.CCCC.CCCC.[2H]C([2H])=C=C1C=CC=CC1.[Sn]. The molecule has 0 atom stereocenters. The second kappa shape index (κ2) is 31.9. The van der Waals surface area contributed by atoms with Crippen molar-refractivity contribution in [2.24, 2.45) is 0 Å². The summed E-state index contributed by atoms with van der Waals surface area (Å²) in [6.45, 7) is 12.8. The molecule has 0 heterocycles. The number of hydrogen-bond donors (Lipinski definition) is 0. The van der Waals surface area contributed by atoms with Gasteiger partial charge in [-0.2, -0.15) is 0 Å². The molecule has 0 aromatic heterocycles. The molecule has 1 aliphatic rings. The Morgan fingerprint density at radius 1 is 0.905 bits per heavy atom. The maximum atomic E-state index is 6.81. The minimum absolute atomic E-state index is 0. The standard InChI is InChI=1S/C8H8.3C4H10.Sn/c1-2-8-6-4-3-5-7-8;3*1-3-4-2;/h3-6H,1,7H2;3*3-4H2,1-2H3;/i1D2;;;;. The zero-order chi connectivity index (χ0) is 17.6. The molecule has 122 valence electrons. The summed E-state index contributed by atoms with van der Waals surface area (Å²) in [5, 5.41) is 0. The quantitative estimate of drug-likeness (QED) is 0.346. The minimum atomic E-state index is -0.255. The molecular weight excluding hydrogens is 359 g/mol. The molecule has 0 amide bonds. The van der Waals surface area contributed by atoms with Crippen molar-refractivity contribution in [3.05, 3.63) is 42.1 Å². The van der Waals surface area contributed by atoms with Crippen LogP contribution in [0, 0.1) is 0 Å². The van der Waals surface area contributed by atoms with E-state index < -0.39 is 0 Å². The van der Waals surface area contributed by atoms with Crippen molar-refractivity contribution in [3.8, 4) is 0 Å². The molecule has 0 unspecified atom stereocenters. The molecule has 0 saturated heterocycles. The van der Waals surface area contributed by atoms with Crippen LogP contribution in [0.4, 0.5) is 0 Å². The first-order chi connectivity index (χ1) is 10.5. The summed E-state index contributed by atoms with van der Waals surface area (Å²) in [5.41, 5.74) is 3.52. The van der Waals surface area contributed by atoms with Gasteiger partial charge in [0.05, 0.1) is 2.74 Å². The Hall–Kier alpha value is -0.201. The van der Waals surface area contributed by atoms with Crippen molar-refractivity contribution in [1.29, 1.82) is 0 Å². The predicted molar refractivity (Wildman–Crippen MR) is 103 cm³/mol. The Morgan fingerprint density at radius 2 is 1.33 bits per heavy atom. The van der Waals surface area contributed by atoms with Crippen molar-refractivity contribution in [2.45, 2.75) is 86.5 Å². The molecule has 0 nitrogen and oxygen atoms in total. The third kappa shape index (κ3) is 38.3. The normalized spacial score (nSPS) is 11.6. The van der Waals surface area contributed by atoms with Crippen LogP contribution in [0.1, 0.15) is 89.2 Å². The number of allylic oxidation sites excluding steroid dienone is 5. The monoisotopic (exact) mass is 400 g/mol. The van der Waals surface area contributed by atoms with Gasteiger partial charge in [0.15, 0.2) is 0 Å². The van der Waals surface area contributed by atoms with Crippen LogP contribution in [0.15, 0.2) is 42.1 Å². The van der Waals surface area contributed by atoms with Gasteiger partial charge in [-0.05, 0) is 12.0 Å². The maximum absolute atomic E-state index is 6.81. The first-order valence-corrected chi connectivity index (χ1v) is 8.29. The molecule has 0 bridgehead atoms. The summed E-state index contributed by atoms with van der Waals surface area (Å²) >= 11 is 0. The molecule has 4 radical (unpaired) electrons. The van der Waals surface area contributed by atoms with Crippen molar-refractivity contribution in [3.63, 3.8) is 0 Å². The van der Waals surface area contributed by atoms with E-state index in [0.29, 0.717) is 0 Å². The van der Waals surface area contributed by atoms with Crippen molar-refractivity contribution in [2.75, 3.05) is 0 Å². The Morgan fingerprint density at radius 3 is 1.57 bits per heavy atom. The molecule has 1 aliphatic carbocycles. The van der Waals surface area contributed by atoms with E-state index in [1.54, 1.807) is 0 Å². The summed E-state index contributed by atoms with van der Waals surface area (Å²) in [5.74, 6) is 0. The smallest absolute Gasteiger partial charge is 0.0628 e. The molecule has 0 aromatic carbocycles. The zero-order valence-corrected chi connectivity index (χ0v) is 18.1. The van der Waals surface area contributed by atoms with Crippen molar-refractivity contribution < 1.29 is 2.74 Å². The number of hydrogen-bond acceptors (Lipinski definition) is 0. The van der Waals surface area contributed by atoms with E-state index >= 15 is 0 Å². The van der Waals surface area contributed by atoms with Crippen LogP contribution in [0.3, 0.4) is 0 Å². The molecule has 0 spiro atoms. The van der Waals surface area contributed by atoms with Gasteiger partial charge in [0.2, 0.25) is 0 Å². The zero-order valence-electron chi connectivity index (χ0n) is 17.3. The third-order valence-corrected chi connectivity index (χ3v) is 2.54. The van der Waals surface area contributed by atoms with Crippen molar-refractivity contribution in [1.82, 2.24) is 0 Å². The van der Waals surface area contributed by atoms with Gasteiger partial charge in [-0.3, -0.25) is 0 Å². The topological polar surface area (TPSA) is 0 Å². The molecule has 0 saturated carbocycles. The predicted octanol–water partition coefficient (Wildman–Crippen LogP) is 7.25. The first kappa shape index (κ1) is 23.1. The van der Waals surface area contributed by atoms with E-state index in [1.807, 2.05) is 24.3 Å². The van der Waals surface area contributed by atoms with Crippen LogP contribution in [0.25, 0.3) is 0 Å². The van der Waals surface area contributed by atoms with Crippen molar-refractivity contribution >= 4 is 23.9 Å². The Kier molecular flexibility index (Phi) is 35.1. The van der Waals surface area contributed by atoms with E-state index in [9.17, 15) is 0 Å². The van der Waals surface area contributed by atoms with Gasteiger partial charge in [0.1, 0.15) is 0 Å². The van der Waals surface area contributed by atoms with Gasteiger partial charge >= 0.3 is 0 Å². The van der Waals surface area contributed by atoms with Gasteiger partial charge in [0.25, 0.3) is 0 Å². The summed E-state index contributed by atoms with van der Waals surface area (Å²) < 4.78 is 13.6. The Bertz CT molecular complexity index is 305. The summed E-state index contributed by atoms with van der Waals surface area (Å²) in [6, 6.07) is 0. The van der Waals surface area contributed by atoms with E-state index in [2.05, 4.69) is 47.3 Å². The third-order valence-electron chi connectivity index (χ3n) is 2.54. The largest absolute Gasteiger partial charge is 0.125 e. The van der Waals surface area contributed by atoms with Crippen LogP contribution in [-0.4, -0.2) is 23.9 Å². The average molecular weight is 399 g/mol. The van der Waals surface area contributed by atoms with Gasteiger partial charge < -0.3 is 0 Å².